The lowest BCUT2D eigenvalue weighted by atomic mass is 10.0. The zero-order valence-electron chi connectivity index (χ0n) is 12.8. The fraction of sp³-hybridized carbons (Fsp3) is 0.0556. The highest BCUT2D eigenvalue weighted by Crippen LogP contribution is 2.27. The molecule has 0 heterocycles. The van der Waals surface area contributed by atoms with Gasteiger partial charge >= 0.3 is 0 Å². The van der Waals surface area contributed by atoms with Gasteiger partial charge in [0.2, 0.25) is 0 Å². The molecule has 0 bridgehead atoms. The van der Waals surface area contributed by atoms with Crippen molar-refractivity contribution >= 4 is 28.1 Å². The number of hydrogen-bond acceptors (Lipinski definition) is 4. The number of aryl methyl sites for hydroxylation is 1. The number of nitro benzene ring substituents is 1. The minimum atomic E-state index is -0.492. The maximum atomic E-state index is 12.4. The van der Waals surface area contributed by atoms with Gasteiger partial charge in [0.1, 0.15) is 5.75 Å². The molecule has 0 aliphatic heterocycles. The van der Waals surface area contributed by atoms with E-state index in [0.29, 0.717) is 11.3 Å². The lowest BCUT2D eigenvalue weighted by molar-refractivity contribution is -0.384. The van der Waals surface area contributed by atoms with E-state index in [1.54, 1.807) is 13.0 Å². The van der Waals surface area contributed by atoms with Crippen molar-refractivity contribution in [2.45, 2.75) is 6.92 Å². The number of rotatable bonds is 3. The van der Waals surface area contributed by atoms with Crippen LogP contribution >= 0.6 is 0 Å². The van der Waals surface area contributed by atoms with Crippen molar-refractivity contribution in [1.29, 1.82) is 0 Å². The normalized spacial score (nSPS) is 10.5. The first-order valence-corrected chi connectivity index (χ1v) is 7.24. The number of phenols is 1. The third-order valence-corrected chi connectivity index (χ3v) is 3.78. The van der Waals surface area contributed by atoms with E-state index < -0.39 is 10.8 Å². The van der Waals surface area contributed by atoms with E-state index in [9.17, 15) is 20.0 Å². The van der Waals surface area contributed by atoms with Crippen LogP contribution in [-0.4, -0.2) is 15.9 Å². The van der Waals surface area contributed by atoms with Crippen LogP contribution in [0.3, 0.4) is 0 Å². The summed E-state index contributed by atoms with van der Waals surface area (Å²) in [5.74, 6) is -0.596. The fourth-order valence-corrected chi connectivity index (χ4v) is 2.50. The van der Waals surface area contributed by atoms with Crippen molar-refractivity contribution in [3.05, 3.63) is 75.8 Å². The molecule has 0 aliphatic rings. The van der Waals surface area contributed by atoms with E-state index in [2.05, 4.69) is 5.32 Å². The van der Waals surface area contributed by atoms with Crippen molar-refractivity contribution in [3.63, 3.8) is 0 Å². The maximum Gasteiger partial charge on any atom is 0.269 e. The molecule has 0 saturated heterocycles. The Kier molecular flexibility index (Phi) is 3.87. The summed E-state index contributed by atoms with van der Waals surface area (Å²) in [7, 11) is 0. The molecule has 0 spiro atoms. The Bertz CT molecular complexity index is 966. The molecule has 6 heteroatoms. The van der Waals surface area contributed by atoms with Crippen LogP contribution in [0.2, 0.25) is 0 Å². The molecule has 3 rings (SSSR count). The topological polar surface area (TPSA) is 92.5 Å². The number of nitro groups is 1. The standard InChI is InChI=1S/C18H14N2O4/c1-11-8-14(20(23)24)6-7-16(11)19-18(22)15-9-12-4-2-3-5-13(12)10-17(15)21/h2-10,21H,1H3,(H,19,22). The Morgan fingerprint density at radius 2 is 1.75 bits per heavy atom. The molecule has 0 aliphatic carbocycles. The van der Waals surface area contributed by atoms with E-state index in [1.165, 1.54) is 24.3 Å². The van der Waals surface area contributed by atoms with Crippen molar-refractivity contribution < 1.29 is 14.8 Å². The minimum Gasteiger partial charge on any atom is -0.507 e. The van der Waals surface area contributed by atoms with Gasteiger partial charge < -0.3 is 10.4 Å². The van der Waals surface area contributed by atoms with Crippen molar-refractivity contribution in [2.75, 3.05) is 5.32 Å². The van der Waals surface area contributed by atoms with Crippen LogP contribution in [0.1, 0.15) is 15.9 Å². The lowest BCUT2D eigenvalue weighted by Crippen LogP contribution is -2.13. The summed E-state index contributed by atoms with van der Waals surface area (Å²) < 4.78 is 0. The van der Waals surface area contributed by atoms with Gasteiger partial charge in [0.15, 0.2) is 0 Å². The Morgan fingerprint density at radius 3 is 2.38 bits per heavy atom. The predicted molar refractivity (Wildman–Crippen MR) is 91.4 cm³/mol. The van der Waals surface area contributed by atoms with E-state index >= 15 is 0 Å². The average Bonchev–Trinajstić information content (AvgIpc) is 2.55. The molecule has 3 aromatic carbocycles. The second-order valence-corrected chi connectivity index (χ2v) is 5.43. The number of phenolic OH excluding ortho intramolecular Hbond substituents is 1. The van der Waals surface area contributed by atoms with Gasteiger partial charge in [-0.1, -0.05) is 24.3 Å². The summed E-state index contributed by atoms with van der Waals surface area (Å²) >= 11 is 0. The van der Waals surface area contributed by atoms with E-state index in [1.807, 2.05) is 24.3 Å². The number of carbonyl (C=O) groups excluding carboxylic acids is 1. The maximum absolute atomic E-state index is 12.4. The number of nitrogens with zero attached hydrogens (tertiary/aromatic N) is 1. The largest absolute Gasteiger partial charge is 0.507 e. The zero-order valence-corrected chi connectivity index (χ0v) is 12.8. The highest BCUT2D eigenvalue weighted by molar-refractivity contribution is 6.08. The van der Waals surface area contributed by atoms with Gasteiger partial charge in [-0.25, -0.2) is 0 Å². The summed E-state index contributed by atoms with van der Waals surface area (Å²) in [6.07, 6.45) is 0. The molecular weight excluding hydrogens is 308 g/mol. The second-order valence-electron chi connectivity index (χ2n) is 5.43. The van der Waals surface area contributed by atoms with Crippen LogP contribution in [0, 0.1) is 17.0 Å². The molecule has 0 aromatic heterocycles. The predicted octanol–water partition coefficient (Wildman–Crippen LogP) is 4.01. The van der Waals surface area contributed by atoms with Crippen LogP contribution in [0.25, 0.3) is 10.8 Å². The summed E-state index contributed by atoms with van der Waals surface area (Å²) in [6.45, 7) is 1.67. The van der Waals surface area contributed by atoms with E-state index in [0.717, 1.165) is 10.8 Å². The molecule has 3 aromatic rings. The monoisotopic (exact) mass is 322 g/mol. The van der Waals surface area contributed by atoms with Crippen LogP contribution in [0.5, 0.6) is 5.75 Å². The number of anilines is 1. The van der Waals surface area contributed by atoms with Gasteiger partial charge in [0.25, 0.3) is 11.6 Å². The van der Waals surface area contributed by atoms with E-state index in [-0.39, 0.29) is 17.0 Å². The minimum absolute atomic E-state index is 0.0425. The first-order valence-electron chi connectivity index (χ1n) is 7.24. The molecule has 0 radical (unpaired) electrons. The molecule has 0 unspecified atom stereocenters. The third kappa shape index (κ3) is 2.89. The SMILES string of the molecule is Cc1cc([N+](=O)[O-])ccc1NC(=O)c1cc2ccccc2cc1O. The third-order valence-electron chi connectivity index (χ3n) is 3.78. The number of amides is 1. The van der Waals surface area contributed by atoms with Gasteiger partial charge in [-0.15, -0.1) is 0 Å². The number of nitrogens with one attached hydrogen (secondary N) is 1. The summed E-state index contributed by atoms with van der Waals surface area (Å²) in [5.41, 5.74) is 1.13. The van der Waals surface area contributed by atoms with Crippen molar-refractivity contribution in [1.82, 2.24) is 0 Å². The Balaban J connectivity index is 1.93. The molecule has 0 atom stereocenters. The fourth-order valence-electron chi connectivity index (χ4n) is 2.50. The molecule has 120 valence electrons. The molecule has 0 saturated carbocycles. The van der Waals surface area contributed by atoms with Gasteiger partial charge in [-0.05, 0) is 41.5 Å². The Morgan fingerprint density at radius 1 is 1.08 bits per heavy atom. The summed E-state index contributed by atoms with van der Waals surface area (Å²) in [6, 6.07) is 14.7. The highest BCUT2D eigenvalue weighted by atomic mass is 16.6. The number of carbonyl (C=O) groups is 1. The smallest absolute Gasteiger partial charge is 0.269 e. The van der Waals surface area contributed by atoms with Crippen molar-refractivity contribution in [3.8, 4) is 5.75 Å². The average molecular weight is 322 g/mol. The van der Waals surface area contributed by atoms with Gasteiger partial charge in [-0.2, -0.15) is 0 Å². The first-order chi connectivity index (χ1) is 11.5. The first kappa shape index (κ1) is 15.5. The number of non-ortho nitro benzene ring substituents is 1. The summed E-state index contributed by atoms with van der Waals surface area (Å²) in [4.78, 5) is 22.7. The number of aromatic hydroxyl groups is 1. The molecule has 24 heavy (non-hydrogen) atoms. The lowest BCUT2D eigenvalue weighted by Gasteiger charge is -2.10. The number of hydrogen-bond donors (Lipinski definition) is 2. The van der Waals surface area contributed by atoms with Crippen LogP contribution < -0.4 is 5.32 Å². The van der Waals surface area contributed by atoms with Crippen LogP contribution in [0.4, 0.5) is 11.4 Å². The Labute approximate surface area is 137 Å². The van der Waals surface area contributed by atoms with Crippen LogP contribution in [0.15, 0.2) is 54.6 Å². The highest BCUT2D eigenvalue weighted by Gasteiger charge is 2.15. The molecular formula is C18H14N2O4. The number of fused-ring (bicyclic) bond motifs is 1. The van der Waals surface area contributed by atoms with Gasteiger partial charge in [0.05, 0.1) is 10.5 Å². The quantitative estimate of drug-likeness (QED) is 0.563. The molecule has 1 amide bonds. The molecule has 2 N–H and O–H groups in total. The van der Waals surface area contributed by atoms with Crippen LogP contribution in [-0.2, 0) is 0 Å². The second kappa shape index (κ2) is 6.00. The zero-order chi connectivity index (χ0) is 17.3. The molecule has 0 fully saturated rings. The Hall–Kier alpha value is -3.41. The van der Waals surface area contributed by atoms with E-state index in [4.69, 9.17) is 0 Å². The van der Waals surface area contributed by atoms with Crippen molar-refractivity contribution in [2.24, 2.45) is 0 Å². The number of benzene rings is 3. The van der Waals surface area contributed by atoms with Gasteiger partial charge in [-0.3, -0.25) is 14.9 Å². The molecule has 6 nitrogen and oxygen atoms in total. The summed E-state index contributed by atoms with van der Waals surface area (Å²) in [5, 5.41) is 25.2. The van der Waals surface area contributed by atoms with Gasteiger partial charge in [0, 0.05) is 17.8 Å².